The summed E-state index contributed by atoms with van der Waals surface area (Å²) in [5.74, 6) is -0.130. The molecule has 0 bridgehead atoms. The number of amides is 1. The average molecular weight is 273 g/mol. The third kappa shape index (κ3) is 3.43. The number of nitrogens with two attached hydrogens (primary N) is 1. The molecule has 0 aliphatic carbocycles. The summed E-state index contributed by atoms with van der Waals surface area (Å²) in [7, 11) is 0. The van der Waals surface area contributed by atoms with Crippen LogP contribution in [0.4, 0.5) is 4.39 Å². The largest absolute Gasteiger partial charge is 0.338 e. The maximum Gasteiger partial charge on any atom is 0.224 e. The van der Waals surface area contributed by atoms with Crippen LogP contribution < -0.4 is 5.73 Å². The van der Waals surface area contributed by atoms with Crippen LogP contribution in [0.15, 0.2) is 18.2 Å². The number of fused-ring (bicyclic) bond motifs is 1. The second-order valence-corrected chi connectivity index (χ2v) is 4.66. The smallest absolute Gasteiger partial charge is 0.224 e. The van der Waals surface area contributed by atoms with Crippen molar-refractivity contribution in [1.82, 2.24) is 4.90 Å². The Morgan fingerprint density at radius 3 is 2.89 bits per heavy atom. The van der Waals surface area contributed by atoms with Gasteiger partial charge in [-0.15, -0.1) is 12.4 Å². The van der Waals surface area contributed by atoms with Crippen molar-refractivity contribution in [3.05, 3.63) is 35.1 Å². The fraction of sp³-hybridized carbons (Fsp3) is 0.462. The van der Waals surface area contributed by atoms with Gasteiger partial charge >= 0.3 is 0 Å². The van der Waals surface area contributed by atoms with Gasteiger partial charge in [-0.3, -0.25) is 4.79 Å². The van der Waals surface area contributed by atoms with Gasteiger partial charge < -0.3 is 10.6 Å². The fourth-order valence-corrected chi connectivity index (χ4v) is 2.14. The molecule has 1 aliphatic heterocycles. The molecule has 1 aromatic carbocycles. The molecule has 3 nitrogen and oxygen atoms in total. The molecule has 0 saturated heterocycles. The van der Waals surface area contributed by atoms with E-state index in [4.69, 9.17) is 5.73 Å². The molecular weight excluding hydrogens is 255 g/mol. The lowest BCUT2D eigenvalue weighted by molar-refractivity contribution is -0.132. The van der Waals surface area contributed by atoms with E-state index in [1.54, 1.807) is 17.0 Å². The molecule has 0 aromatic heterocycles. The highest BCUT2D eigenvalue weighted by Gasteiger charge is 2.21. The van der Waals surface area contributed by atoms with Crippen molar-refractivity contribution >= 4 is 18.3 Å². The lowest BCUT2D eigenvalue weighted by atomic mass is 9.99. The zero-order chi connectivity index (χ0) is 12.4. The Hall–Kier alpha value is -1.13. The topological polar surface area (TPSA) is 46.3 Å². The van der Waals surface area contributed by atoms with Gasteiger partial charge in [0.1, 0.15) is 5.82 Å². The minimum Gasteiger partial charge on any atom is -0.338 e. The van der Waals surface area contributed by atoms with Gasteiger partial charge in [-0.2, -0.15) is 0 Å². The van der Waals surface area contributed by atoms with Crippen molar-refractivity contribution in [1.29, 1.82) is 0 Å². The summed E-state index contributed by atoms with van der Waals surface area (Å²) in [6.45, 7) is 3.05. The van der Waals surface area contributed by atoms with E-state index >= 15 is 0 Å². The van der Waals surface area contributed by atoms with Crippen LogP contribution in [0, 0.1) is 5.82 Å². The van der Waals surface area contributed by atoms with E-state index in [1.807, 2.05) is 6.92 Å². The Kier molecular flexibility index (Phi) is 5.11. The van der Waals surface area contributed by atoms with E-state index in [0.717, 1.165) is 17.5 Å². The van der Waals surface area contributed by atoms with E-state index in [9.17, 15) is 9.18 Å². The first-order valence-corrected chi connectivity index (χ1v) is 5.87. The molecule has 0 spiro atoms. The van der Waals surface area contributed by atoms with Crippen LogP contribution >= 0.6 is 12.4 Å². The normalized spacial score (nSPS) is 15.6. The standard InChI is InChI=1S/C13H17FN2O.ClH/c1-9(15)6-13(17)16-5-4-10-7-12(14)3-2-11(10)8-16;/h2-3,7,9H,4-6,8,15H2,1H3;1H. The third-order valence-corrected chi connectivity index (χ3v) is 3.03. The summed E-state index contributed by atoms with van der Waals surface area (Å²) in [6.07, 6.45) is 1.09. The second kappa shape index (κ2) is 6.16. The van der Waals surface area contributed by atoms with Crippen molar-refractivity contribution in [3.63, 3.8) is 0 Å². The molecule has 0 radical (unpaired) electrons. The van der Waals surface area contributed by atoms with Gasteiger partial charge in [0.2, 0.25) is 5.91 Å². The Balaban J connectivity index is 0.00000162. The molecule has 2 N–H and O–H groups in total. The van der Waals surface area contributed by atoms with Crippen LogP contribution in [-0.2, 0) is 17.8 Å². The van der Waals surface area contributed by atoms with Gasteiger partial charge in [0.25, 0.3) is 0 Å². The summed E-state index contributed by atoms with van der Waals surface area (Å²) >= 11 is 0. The number of hydrogen-bond donors (Lipinski definition) is 1. The molecule has 1 amide bonds. The molecule has 1 atom stereocenters. The zero-order valence-corrected chi connectivity index (χ0v) is 11.2. The monoisotopic (exact) mass is 272 g/mol. The molecule has 1 aliphatic rings. The highest BCUT2D eigenvalue weighted by atomic mass is 35.5. The van der Waals surface area contributed by atoms with Crippen molar-refractivity contribution < 1.29 is 9.18 Å². The predicted molar refractivity (Wildman–Crippen MR) is 71.0 cm³/mol. The van der Waals surface area contributed by atoms with Gasteiger partial charge in [-0.05, 0) is 36.6 Å². The zero-order valence-electron chi connectivity index (χ0n) is 10.4. The Morgan fingerprint density at radius 1 is 1.50 bits per heavy atom. The van der Waals surface area contributed by atoms with Crippen LogP contribution in [0.5, 0.6) is 0 Å². The molecule has 5 heteroatoms. The predicted octanol–water partition coefficient (Wildman–Crippen LogP) is 1.87. The van der Waals surface area contributed by atoms with Crippen LogP contribution in [0.25, 0.3) is 0 Å². The van der Waals surface area contributed by atoms with Crippen molar-refractivity contribution in [2.24, 2.45) is 5.73 Å². The van der Waals surface area contributed by atoms with Gasteiger partial charge in [0, 0.05) is 25.6 Å². The molecule has 1 aromatic rings. The SMILES string of the molecule is CC(N)CC(=O)N1CCc2cc(F)ccc2C1.Cl. The number of rotatable bonds is 2. The van der Waals surface area contributed by atoms with E-state index in [0.29, 0.717) is 19.5 Å². The quantitative estimate of drug-likeness (QED) is 0.893. The minimum atomic E-state index is -0.209. The highest BCUT2D eigenvalue weighted by Crippen LogP contribution is 2.20. The van der Waals surface area contributed by atoms with Gasteiger partial charge in [-0.25, -0.2) is 4.39 Å². The number of hydrogen-bond acceptors (Lipinski definition) is 2. The highest BCUT2D eigenvalue weighted by molar-refractivity contribution is 5.85. The maximum atomic E-state index is 13.0. The van der Waals surface area contributed by atoms with Crippen LogP contribution in [-0.4, -0.2) is 23.4 Å². The number of carbonyl (C=O) groups is 1. The molecule has 0 fully saturated rings. The average Bonchev–Trinajstić information content (AvgIpc) is 2.27. The van der Waals surface area contributed by atoms with Crippen LogP contribution in [0.2, 0.25) is 0 Å². The maximum absolute atomic E-state index is 13.0. The summed E-state index contributed by atoms with van der Waals surface area (Å²) in [6, 6.07) is 4.65. The first-order valence-electron chi connectivity index (χ1n) is 5.87. The second-order valence-electron chi connectivity index (χ2n) is 4.66. The molecule has 0 saturated carbocycles. The first-order chi connectivity index (χ1) is 8.06. The number of nitrogens with zero attached hydrogens (tertiary/aromatic N) is 1. The van der Waals surface area contributed by atoms with Crippen molar-refractivity contribution in [2.75, 3.05) is 6.54 Å². The minimum absolute atomic E-state index is 0. The fourth-order valence-electron chi connectivity index (χ4n) is 2.14. The summed E-state index contributed by atoms with van der Waals surface area (Å²) in [5.41, 5.74) is 7.66. The molecule has 18 heavy (non-hydrogen) atoms. The summed E-state index contributed by atoms with van der Waals surface area (Å²) < 4.78 is 13.0. The number of benzene rings is 1. The van der Waals surface area contributed by atoms with Crippen LogP contribution in [0.3, 0.4) is 0 Å². The Bertz CT molecular complexity index is 437. The number of carbonyl (C=O) groups excluding carboxylic acids is 1. The molecule has 2 rings (SSSR count). The lowest BCUT2D eigenvalue weighted by Gasteiger charge is -2.29. The van der Waals surface area contributed by atoms with Crippen molar-refractivity contribution in [3.8, 4) is 0 Å². The lowest BCUT2D eigenvalue weighted by Crippen LogP contribution is -2.38. The van der Waals surface area contributed by atoms with Gasteiger partial charge in [-0.1, -0.05) is 6.07 Å². The van der Waals surface area contributed by atoms with E-state index in [2.05, 4.69) is 0 Å². The molecule has 1 heterocycles. The van der Waals surface area contributed by atoms with E-state index in [-0.39, 0.29) is 30.2 Å². The Morgan fingerprint density at radius 2 is 2.22 bits per heavy atom. The number of halogens is 2. The first kappa shape index (κ1) is 14.9. The Labute approximate surface area is 113 Å². The third-order valence-electron chi connectivity index (χ3n) is 3.03. The van der Waals surface area contributed by atoms with Gasteiger partial charge in [0.05, 0.1) is 0 Å². The summed E-state index contributed by atoms with van der Waals surface area (Å²) in [4.78, 5) is 13.7. The molecule has 100 valence electrons. The summed E-state index contributed by atoms with van der Waals surface area (Å²) in [5, 5.41) is 0. The van der Waals surface area contributed by atoms with E-state index in [1.165, 1.54) is 6.07 Å². The van der Waals surface area contributed by atoms with Gasteiger partial charge in [0.15, 0.2) is 0 Å². The molecular formula is C13H18ClFN2O. The molecule has 1 unspecified atom stereocenters. The van der Waals surface area contributed by atoms with Crippen LogP contribution in [0.1, 0.15) is 24.5 Å². The van der Waals surface area contributed by atoms with Crippen molar-refractivity contribution in [2.45, 2.75) is 32.4 Å². The van der Waals surface area contributed by atoms with E-state index < -0.39 is 0 Å².